The quantitative estimate of drug-likeness (QED) is 0.786. The van der Waals surface area contributed by atoms with E-state index in [1.54, 1.807) is 22.7 Å². The molecule has 1 saturated heterocycles. The molecule has 5 nitrogen and oxygen atoms in total. The van der Waals surface area contributed by atoms with Crippen LogP contribution in [0.3, 0.4) is 0 Å². The molecule has 1 unspecified atom stereocenters. The van der Waals surface area contributed by atoms with E-state index in [2.05, 4.69) is 10.3 Å². The molecule has 1 aromatic heterocycles. The van der Waals surface area contributed by atoms with Gasteiger partial charge in [-0.25, -0.2) is 17.7 Å². The maximum Gasteiger partial charge on any atom is 0.217 e. The molecule has 2 aliphatic carbocycles. The van der Waals surface area contributed by atoms with Crippen LogP contribution in [0.1, 0.15) is 55.1 Å². The second-order valence-electron chi connectivity index (χ2n) is 7.24. The Balaban J connectivity index is 1.38. The summed E-state index contributed by atoms with van der Waals surface area (Å²) in [6.07, 6.45) is 6.31. The Bertz CT molecular complexity index is 665. The number of piperidine rings is 1. The lowest BCUT2D eigenvalue weighted by atomic mass is 10.1. The molecule has 2 heterocycles. The van der Waals surface area contributed by atoms with Gasteiger partial charge in [0.2, 0.25) is 10.0 Å². The van der Waals surface area contributed by atoms with Crippen LogP contribution >= 0.6 is 11.3 Å². The summed E-state index contributed by atoms with van der Waals surface area (Å²) in [6.45, 7) is 2.74. The highest BCUT2D eigenvalue weighted by atomic mass is 32.2. The fourth-order valence-corrected chi connectivity index (χ4v) is 6.19. The maximum atomic E-state index is 12.4. The van der Waals surface area contributed by atoms with Crippen molar-refractivity contribution in [3.05, 3.63) is 16.1 Å². The average Bonchev–Trinajstić information content (AvgIpc) is 3.45. The van der Waals surface area contributed by atoms with Gasteiger partial charge >= 0.3 is 0 Å². The van der Waals surface area contributed by atoms with E-state index >= 15 is 0 Å². The van der Waals surface area contributed by atoms with Gasteiger partial charge in [-0.1, -0.05) is 0 Å². The van der Waals surface area contributed by atoms with Gasteiger partial charge in [-0.05, 0) is 45.1 Å². The van der Waals surface area contributed by atoms with Crippen molar-refractivity contribution in [2.24, 2.45) is 0 Å². The maximum absolute atomic E-state index is 12.4. The molecule has 0 radical (unpaired) electrons. The van der Waals surface area contributed by atoms with E-state index in [0.29, 0.717) is 0 Å². The molecular weight excluding hydrogens is 330 g/mol. The zero-order valence-corrected chi connectivity index (χ0v) is 15.3. The van der Waals surface area contributed by atoms with Crippen molar-refractivity contribution in [3.8, 4) is 0 Å². The zero-order valence-electron chi connectivity index (χ0n) is 13.6. The topological polar surface area (TPSA) is 53.5 Å². The Morgan fingerprint density at radius 3 is 2.78 bits per heavy atom. The number of hydrogen-bond donors (Lipinski definition) is 0. The van der Waals surface area contributed by atoms with Gasteiger partial charge < -0.3 is 0 Å². The third-order valence-electron chi connectivity index (χ3n) is 5.22. The molecule has 1 aromatic rings. The fraction of sp³-hybridized carbons (Fsp3) is 0.812. The molecule has 0 aromatic carbocycles. The van der Waals surface area contributed by atoms with Crippen molar-refractivity contribution in [1.82, 2.24) is 14.2 Å². The van der Waals surface area contributed by atoms with Gasteiger partial charge in [0, 0.05) is 37.5 Å². The number of sulfonamides is 1. The minimum absolute atomic E-state index is 0.109. The highest BCUT2D eigenvalue weighted by Gasteiger charge is 2.41. The summed E-state index contributed by atoms with van der Waals surface area (Å²) in [5.74, 6) is 0.720. The van der Waals surface area contributed by atoms with Crippen molar-refractivity contribution in [1.29, 1.82) is 0 Å². The van der Waals surface area contributed by atoms with Gasteiger partial charge in [0.1, 0.15) is 0 Å². The van der Waals surface area contributed by atoms with Crippen molar-refractivity contribution in [3.63, 3.8) is 0 Å². The van der Waals surface area contributed by atoms with E-state index in [-0.39, 0.29) is 11.3 Å². The van der Waals surface area contributed by atoms with Crippen molar-refractivity contribution in [2.75, 3.05) is 20.1 Å². The number of aromatic nitrogens is 1. The average molecular weight is 356 g/mol. The van der Waals surface area contributed by atoms with Crippen LogP contribution in [0.5, 0.6) is 0 Å². The Morgan fingerprint density at radius 1 is 1.30 bits per heavy atom. The molecule has 23 heavy (non-hydrogen) atoms. The van der Waals surface area contributed by atoms with Crippen LogP contribution in [0.15, 0.2) is 5.38 Å². The number of likely N-dealkylation sites (N-methyl/N-ethyl adjacent to an activating group) is 1. The normalized spacial score (nSPS) is 26.8. The monoisotopic (exact) mass is 355 g/mol. The number of rotatable bonds is 6. The summed E-state index contributed by atoms with van der Waals surface area (Å²) in [4.78, 5) is 7.14. The molecule has 0 amide bonds. The first-order valence-electron chi connectivity index (χ1n) is 8.67. The molecule has 0 bridgehead atoms. The van der Waals surface area contributed by atoms with Crippen molar-refractivity contribution in [2.45, 2.75) is 62.3 Å². The third kappa shape index (κ3) is 3.48. The Hall–Kier alpha value is -0.500. The van der Waals surface area contributed by atoms with Crippen molar-refractivity contribution >= 4 is 21.4 Å². The number of nitrogens with zero attached hydrogens (tertiary/aromatic N) is 3. The smallest absolute Gasteiger partial charge is 0.217 e. The van der Waals surface area contributed by atoms with Crippen LogP contribution in [-0.2, 0) is 16.6 Å². The van der Waals surface area contributed by atoms with Crippen LogP contribution in [0.2, 0.25) is 0 Å². The molecule has 0 N–H and O–H groups in total. The van der Waals surface area contributed by atoms with Crippen molar-refractivity contribution < 1.29 is 8.42 Å². The Labute approximate surface area is 142 Å². The zero-order chi connectivity index (χ0) is 16.0. The van der Waals surface area contributed by atoms with E-state index in [1.807, 2.05) is 0 Å². The van der Waals surface area contributed by atoms with E-state index < -0.39 is 10.0 Å². The molecule has 1 aliphatic heterocycles. The summed E-state index contributed by atoms with van der Waals surface area (Å²) in [6, 6.07) is 0.121. The minimum atomic E-state index is -3.07. The first-order chi connectivity index (χ1) is 11.0. The highest BCUT2D eigenvalue weighted by Crippen LogP contribution is 2.41. The first-order valence-corrected chi connectivity index (χ1v) is 11.1. The molecule has 7 heteroatoms. The second-order valence-corrected chi connectivity index (χ2v) is 10.4. The lowest BCUT2D eigenvalue weighted by Crippen LogP contribution is -2.49. The highest BCUT2D eigenvalue weighted by molar-refractivity contribution is 7.90. The summed E-state index contributed by atoms with van der Waals surface area (Å²) in [7, 11) is -1.29. The Kier molecular flexibility index (Phi) is 4.24. The molecule has 128 valence electrons. The van der Waals surface area contributed by atoms with E-state index in [0.717, 1.165) is 56.9 Å². The standard InChI is InChI=1S/C16H25N3O2S2/c1-18(23(20,21)15-6-7-15)14-3-2-8-19(10-14)9-13-11-22-16(17-13)12-4-5-12/h11-12,14-15H,2-10H2,1H3. The van der Waals surface area contributed by atoms with Gasteiger partial charge in [0.15, 0.2) is 0 Å². The molecule has 4 rings (SSSR count). The Morgan fingerprint density at radius 2 is 2.09 bits per heavy atom. The van der Waals surface area contributed by atoms with Gasteiger partial charge in [-0.3, -0.25) is 4.90 Å². The SMILES string of the molecule is CN(C1CCCN(Cc2csc(C3CC3)n2)C1)S(=O)(=O)C1CC1. The third-order valence-corrected chi connectivity index (χ3v) is 8.69. The van der Waals surface area contributed by atoms with Crippen LogP contribution in [0, 0.1) is 0 Å². The molecular formula is C16H25N3O2S2. The molecule has 2 saturated carbocycles. The first kappa shape index (κ1) is 16.0. The molecule has 3 aliphatic rings. The predicted molar refractivity (Wildman–Crippen MR) is 92.1 cm³/mol. The van der Waals surface area contributed by atoms with Gasteiger partial charge in [-0.15, -0.1) is 11.3 Å². The van der Waals surface area contributed by atoms with E-state index in [1.165, 1.54) is 17.8 Å². The molecule has 3 fully saturated rings. The summed E-state index contributed by atoms with van der Waals surface area (Å²) in [5, 5.41) is 3.37. The summed E-state index contributed by atoms with van der Waals surface area (Å²) < 4.78 is 26.5. The van der Waals surface area contributed by atoms with Gasteiger partial charge in [0.25, 0.3) is 0 Å². The van der Waals surface area contributed by atoms with E-state index in [9.17, 15) is 8.42 Å². The largest absolute Gasteiger partial charge is 0.296 e. The lowest BCUT2D eigenvalue weighted by Gasteiger charge is -2.36. The van der Waals surface area contributed by atoms with Gasteiger partial charge in [0.05, 0.1) is 16.0 Å². The fourth-order valence-electron chi connectivity index (χ4n) is 3.42. The number of likely N-dealkylation sites (tertiary alicyclic amines) is 1. The van der Waals surface area contributed by atoms with Gasteiger partial charge in [-0.2, -0.15) is 0 Å². The molecule has 0 spiro atoms. The number of thiazole rings is 1. The van der Waals surface area contributed by atoms with Crippen LogP contribution in [-0.4, -0.2) is 54.0 Å². The second kappa shape index (κ2) is 6.10. The summed E-state index contributed by atoms with van der Waals surface area (Å²) in [5.41, 5.74) is 1.16. The predicted octanol–water partition coefficient (Wildman–Crippen LogP) is 2.41. The lowest BCUT2D eigenvalue weighted by molar-refractivity contribution is 0.152. The van der Waals surface area contributed by atoms with E-state index in [4.69, 9.17) is 4.98 Å². The summed E-state index contributed by atoms with van der Waals surface area (Å²) >= 11 is 1.79. The van der Waals surface area contributed by atoms with Crippen LogP contribution < -0.4 is 0 Å². The molecule has 1 atom stereocenters. The van der Waals surface area contributed by atoms with Crippen LogP contribution in [0.4, 0.5) is 0 Å². The minimum Gasteiger partial charge on any atom is -0.296 e. The number of hydrogen-bond acceptors (Lipinski definition) is 5. The van der Waals surface area contributed by atoms with Crippen LogP contribution in [0.25, 0.3) is 0 Å².